The average molecular weight is 152 g/mol. The fourth-order valence-corrected chi connectivity index (χ4v) is 0.228. The molecule has 0 aliphatic heterocycles. The van der Waals surface area contributed by atoms with Crippen molar-refractivity contribution in [1.82, 2.24) is 0 Å². The summed E-state index contributed by atoms with van der Waals surface area (Å²) >= 11 is 0. The van der Waals surface area contributed by atoms with Crippen LogP contribution in [0, 0.1) is 22.7 Å². The van der Waals surface area contributed by atoms with E-state index in [-0.39, 0.29) is 6.42 Å². The second kappa shape index (κ2) is 15.8. The molecular weight excluding hydrogens is 140 g/mol. The molecule has 60 valence electrons. The van der Waals surface area contributed by atoms with Gasteiger partial charge in [0.25, 0.3) is 0 Å². The zero-order chi connectivity index (χ0) is 8.95. The lowest BCUT2D eigenvalue weighted by atomic mass is 10.5. The molecule has 0 atom stereocenters. The summed E-state index contributed by atoms with van der Waals surface area (Å²) in [4.78, 5) is 0. The van der Waals surface area contributed by atoms with Crippen molar-refractivity contribution in [1.29, 1.82) is 10.5 Å². The molecule has 0 aliphatic rings. The molecule has 0 aromatic carbocycles. The van der Waals surface area contributed by atoms with Gasteiger partial charge in [0.1, 0.15) is 6.42 Å². The standard InChI is InChI=1S/C5H10O.C3H2N2/c1-3-5-6-4-2;4-2-1-3-5/h3,5H,4H2,1-2H3;1H2. The van der Waals surface area contributed by atoms with Crippen molar-refractivity contribution >= 4 is 0 Å². The molecule has 0 fully saturated rings. The second-order valence-corrected chi connectivity index (χ2v) is 1.42. The van der Waals surface area contributed by atoms with E-state index in [1.165, 1.54) is 0 Å². The molecule has 0 heterocycles. The third-order valence-electron chi connectivity index (χ3n) is 0.557. The van der Waals surface area contributed by atoms with Gasteiger partial charge in [0.2, 0.25) is 0 Å². The molecule has 0 rings (SSSR count). The number of ether oxygens (including phenoxy) is 1. The van der Waals surface area contributed by atoms with Gasteiger partial charge in [-0.15, -0.1) is 0 Å². The zero-order valence-electron chi connectivity index (χ0n) is 6.87. The largest absolute Gasteiger partial charge is 0.502 e. The van der Waals surface area contributed by atoms with Crippen molar-refractivity contribution in [3.05, 3.63) is 12.3 Å². The molecule has 0 saturated heterocycles. The van der Waals surface area contributed by atoms with E-state index in [1.54, 1.807) is 18.4 Å². The average Bonchev–Trinajstić information content (AvgIpc) is 2.04. The smallest absolute Gasteiger partial charge is 0.122 e. The molecule has 0 radical (unpaired) electrons. The van der Waals surface area contributed by atoms with Crippen LogP contribution < -0.4 is 0 Å². The summed E-state index contributed by atoms with van der Waals surface area (Å²) in [5.41, 5.74) is 0. The van der Waals surface area contributed by atoms with E-state index in [1.807, 2.05) is 19.9 Å². The first kappa shape index (κ1) is 12.2. The molecule has 0 unspecified atom stereocenters. The van der Waals surface area contributed by atoms with Gasteiger partial charge in [0.05, 0.1) is 25.0 Å². The molecule has 0 aliphatic carbocycles. The monoisotopic (exact) mass is 152 g/mol. The van der Waals surface area contributed by atoms with Crippen molar-refractivity contribution in [2.45, 2.75) is 20.3 Å². The van der Waals surface area contributed by atoms with Crippen LogP contribution in [-0.4, -0.2) is 6.61 Å². The lowest BCUT2D eigenvalue weighted by Gasteiger charge is -1.86. The van der Waals surface area contributed by atoms with Gasteiger partial charge in [-0.2, -0.15) is 10.5 Å². The van der Waals surface area contributed by atoms with Crippen LogP contribution in [0.4, 0.5) is 0 Å². The third-order valence-corrected chi connectivity index (χ3v) is 0.557. The number of hydrogen-bond donors (Lipinski definition) is 0. The van der Waals surface area contributed by atoms with E-state index in [2.05, 4.69) is 0 Å². The summed E-state index contributed by atoms with van der Waals surface area (Å²) in [5.74, 6) is 0. The van der Waals surface area contributed by atoms with Crippen molar-refractivity contribution in [3.8, 4) is 12.1 Å². The van der Waals surface area contributed by atoms with Crippen molar-refractivity contribution in [2.75, 3.05) is 6.61 Å². The maximum absolute atomic E-state index is 7.59. The van der Waals surface area contributed by atoms with Gasteiger partial charge < -0.3 is 4.74 Å². The first-order chi connectivity index (χ1) is 5.33. The Morgan fingerprint density at radius 1 is 1.36 bits per heavy atom. The van der Waals surface area contributed by atoms with Crippen molar-refractivity contribution in [2.24, 2.45) is 0 Å². The molecule has 0 saturated carbocycles. The molecule has 0 aromatic heterocycles. The summed E-state index contributed by atoms with van der Waals surface area (Å²) in [6, 6.07) is 3.31. The molecule has 0 spiro atoms. The van der Waals surface area contributed by atoms with Gasteiger partial charge in [-0.25, -0.2) is 0 Å². The number of hydrogen-bond acceptors (Lipinski definition) is 3. The Labute approximate surface area is 67.5 Å². The highest BCUT2D eigenvalue weighted by Crippen LogP contribution is 1.71. The number of rotatable bonds is 2. The minimum Gasteiger partial charge on any atom is -0.502 e. The summed E-state index contributed by atoms with van der Waals surface area (Å²) in [6.45, 7) is 4.65. The van der Waals surface area contributed by atoms with E-state index in [0.717, 1.165) is 6.61 Å². The van der Waals surface area contributed by atoms with E-state index in [0.29, 0.717) is 0 Å². The highest BCUT2D eigenvalue weighted by atomic mass is 16.5. The Bertz CT molecular complexity index is 150. The summed E-state index contributed by atoms with van der Waals surface area (Å²) < 4.78 is 4.80. The minimum atomic E-state index is 0. The lowest BCUT2D eigenvalue weighted by Crippen LogP contribution is -1.73. The second-order valence-electron chi connectivity index (χ2n) is 1.42. The molecule has 0 N–H and O–H groups in total. The van der Waals surface area contributed by atoms with Gasteiger partial charge in [0, 0.05) is 0 Å². The van der Waals surface area contributed by atoms with Crippen LogP contribution in [0.15, 0.2) is 12.3 Å². The predicted molar refractivity (Wildman–Crippen MR) is 42.3 cm³/mol. The summed E-state index contributed by atoms with van der Waals surface area (Å²) in [6.07, 6.45) is 3.55. The summed E-state index contributed by atoms with van der Waals surface area (Å²) in [5, 5.41) is 15.2. The first-order valence-corrected chi connectivity index (χ1v) is 3.30. The Morgan fingerprint density at radius 2 is 1.91 bits per heavy atom. The lowest BCUT2D eigenvalue weighted by molar-refractivity contribution is 0.269. The minimum absolute atomic E-state index is 0. The van der Waals surface area contributed by atoms with Crippen LogP contribution in [0.1, 0.15) is 20.3 Å². The van der Waals surface area contributed by atoms with E-state index < -0.39 is 0 Å². The van der Waals surface area contributed by atoms with E-state index in [9.17, 15) is 0 Å². The van der Waals surface area contributed by atoms with Crippen LogP contribution in [0.3, 0.4) is 0 Å². The first-order valence-electron chi connectivity index (χ1n) is 3.30. The van der Waals surface area contributed by atoms with Crippen molar-refractivity contribution in [3.63, 3.8) is 0 Å². The highest BCUT2D eigenvalue weighted by Gasteiger charge is 1.61. The van der Waals surface area contributed by atoms with E-state index >= 15 is 0 Å². The van der Waals surface area contributed by atoms with Gasteiger partial charge >= 0.3 is 0 Å². The molecule has 0 aromatic rings. The highest BCUT2D eigenvalue weighted by molar-refractivity contribution is 4.85. The number of nitrogens with zero attached hydrogens (tertiary/aromatic N) is 2. The molecular formula is C8H12N2O. The Balaban J connectivity index is 0. The van der Waals surface area contributed by atoms with E-state index in [4.69, 9.17) is 15.3 Å². The van der Waals surface area contributed by atoms with Crippen molar-refractivity contribution < 1.29 is 4.74 Å². The van der Waals surface area contributed by atoms with Crippen LogP contribution in [0.5, 0.6) is 0 Å². The Morgan fingerprint density at radius 3 is 2.00 bits per heavy atom. The zero-order valence-corrected chi connectivity index (χ0v) is 6.87. The summed E-state index contributed by atoms with van der Waals surface area (Å²) in [7, 11) is 0. The maximum atomic E-state index is 7.59. The quantitative estimate of drug-likeness (QED) is 0.568. The SMILES string of the molecule is CC=COCC.N#CCC#N. The Hall–Kier alpha value is -1.48. The fraction of sp³-hybridized carbons (Fsp3) is 0.500. The number of nitriles is 2. The third kappa shape index (κ3) is 29.2. The van der Waals surface area contributed by atoms with Crippen LogP contribution in [0.2, 0.25) is 0 Å². The van der Waals surface area contributed by atoms with Gasteiger partial charge in [-0.1, -0.05) is 6.08 Å². The van der Waals surface area contributed by atoms with Gasteiger partial charge in [-0.05, 0) is 13.8 Å². The molecule has 0 bridgehead atoms. The van der Waals surface area contributed by atoms with Crippen LogP contribution in [-0.2, 0) is 4.74 Å². The fourth-order valence-electron chi connectivity index (χ4n) is 0.228. The molecule has 0 amide bonds. The molecule has 3 nitrogen and oxygen atoms in total. The normalized spacial score (nSPS) is 7.27. The van der Waals surface area contributed by atoms with Gasteiger partial charge in [-0.3, -0.25) is 0 Å². The van der Waals surface area contributed by atoms with Crippen LogP contribution >= 0.6 is 0 Å². The predicted octanol–water partition coefficient (Wildman–Crippen LogP) is 1.98. The molecule has 11 heavy (non-hydrogen) atoms. The maximum Gasteiger partial charge on any atom is 0.122 e. The topological polar surface area (TPSA) is 56.8 Å². The van der Waals surface area contributed by atoms with Gasteiger partial charge in [0.15, 0.2) is 0 Å². The molecule has 3 heteroatoms. The Kier molecular flexibility index (Phi) is 17.6. The number of allylic oxidation sites excluding steroid dienone is 1. The van der Waals surface area contributed by atoms with Crippen LogP contribution in [0.25, 0.3) is 0 Å².